The van der Waals surface area contributed by atoms with Crippen LogP contribution in [0.15, 0.2) is 23.0 Å². The van der Waals surface area contributed by atoms with Crippen LogP contribution in [0.3, 0.4) is 0 Å². The summed E-state index contributed by atoms with van der Waals surface area (Å²) in [4.78, 5) is 29.3. The summed E-state index contributed by atoms with van der Waals surface area (Å²) in [6.07, 6.45) is -3.38. The molecule has 1 N–H and O–H groups in total. The average Bonchev–Trinajstić information content (AvgIpc) is 3.23. The second kappa shape index (κ2) is 8.53. The zero-order chi connectivity index (χ0) is 20.2. The maximum absolute atomic E-state index is 12.1. The van der Waals surface area contributed by atoms with E-state index in [4.69, 9.17) is 9.90 Å². The van der Waals surface area contributed by atoms with Gasteiger partial charge in [0, 0.05) is 33.7 Å². The fraction of sp³-hybridized carbons (Fsp3) is 0.438. The molecule has 0 aromatic carbocycles. The lowest BCUT2D eigenvalue weighted by molar-refractivity contribution is -0.192. The highest BCUT2D eigenvalue weighted by molar-refractivity contribution is 7.07. The van der Waals surface area contributed by atoms with Gasteiger partial charge in [0.2, 0.25) is 0 Å². The van der Waals surface area contributed by atoms with Gasteiger partial charge in [-0.1, -0.05) is 0 Å². The average molecular weight is 404 g/mol. The predicted molar refractivity (Wildman–Crippen MR) is 92.4 cm³/mol. The third kappa shape index (κ3) is 5.54. The van der Waals surface area contributed by atoms with Crippen LogP contribution in [0.4, 0.5) is 13.2 Å². The Kier molecular flexibility index (Phi) is 6.60. The molecule has 11 heteroatoms. The molecule has 2 aromatic rings. The Hall–Kier alpha value is -2.40. The highest BCUT2D eigenvalue weighted by Crippen LogP contribution is 2.18. The van der Waals surface area contributed by atoms with E-state index < -0.39 is 12.1 Å². The number of fused-ring (bicyclic) bond motifs is 1. The predicted octanol–water partition coefficient (Wildman–Crippen LogP) is 2.30. The first-order chi connectivity index (χ1) is 12.6. The van der Waals surface area contributed by atoms with Gasteiger partial charge >= 0.3 is 12.1 Å². The van der Waals surface area contributed by atoms with Crippen molar-refractivity contribution < 1.29 is 27.9 Å². The monoisotopic (exact) mass is 404 g/mol. The Bertz CT molecular complexity index is 787. The normalized spacial score (nSPS) is 14.1. The fourth-order valence-corrected chi connectivity index (χ4v) is 3.15. The standard InChI is InChI=1S/C14H18N4OS.C2HF3O2/c1-16(2)14(19)12-7-15-13-9-17(4-5-18(12)13)8-11-3-6-20-10-11;3-2(4,5)1(6)7/h3,6-7,10H,4-5,8-9H2,1-2H3;(H,6,7). The Morgan fingerprint density at radius 3 is 2.52 bits per heavy atom. The van der Waals surface area contributed by atoms with Gasteiger partial charge in [0.15, 0.2) is 0 Å². The first-order valence-electron chi connectivity index (χ1n) is 7.89. The molecule has 2 aromatic heterocycles. The first kappa shape index (κ1) is 20.9. The smallest absolute Gasteiger partial charge is 0.475 e. The number of carboxylic acids is 1. The van der Waals surface area contributed by atoms with Crippen molar-refractivity contribution in [3.8, 4) is 0 Å². The number of hydrogen-bond acceptors (Lipinski definition) is 5. The first-order valence-corrected chi connectivity index (χ1v) is 8.83. The van der Waals surface area contributed by atoms with Crippen LogP contribution in [0.1, 0.15) is 21.9 Å². The van der Waals surface area contributed by atoms with Gasteiger partial charge in [0.05, 0.1) is 12.7 Å². The summed E-state index contributed by atoms with van der Waals surface area (Å²) in [6, 6.07) is 2.16. The van der Waals surface area contributed by atoms with Crippen molar-refractivity contribution >= 4 is 23.2 Å². The van der Waals surface area contributed by atoms with Crippen LogP contribution < -0.4 is 0 Å². The quantitative estimate of drug-likeness (QED) is 0.849. The molecule has 0 aliphatic carbocycles. The number of hydrogen-bond donors (Lipinski definition) is 1. The fourth-order valence-electron chi connectivity index (χ4n) is 2.49. The number of imidazole rings is 1. The van der Waals surface area contributed by atoms with Gasteiger partial charge in [-0.25, -0.2) is 9.78 Å². The Morgan fingerprint density at radius 1 is 1.33 bits per heavy atom. The van der Waals surface area contributed by atoms with E-state index in [0.717, 1.165) is 32.0 Å². The minimum Gasteiger partial charge on any atom is -0.475 e. The van der Waals surface area contributed by atoms with Crippen molar-refractivity contribution in [2.75, 3.05) is 20.6 Å². The highest BCUT2D eigenvalue weighted by atomic mass is 32.1. The van der Waals surface area contributed by atoms with Gasteiger partial charge in [-0.3, -0.25) is 9.69 Å². The minimum absolute atomic E-state index is 0.0232. The van der Waals surface area contributed by atoms with Gasteiger partial charge < -0.3 is 14.6 Å². The van der Waals surface area contributed by atoms with Crippen molar-refractivity contribution in [1.82, 2.24) is 19.4 Å². The van der Waals surface area contributed by atoms with E-state index in [-0.39, 0.29) is 5.91 Å². The van der Waals surface area contributed by atoms with Crippen LogP contribution in [0.2, 0.25) is 0 Å². The molecule has 3 rings (SSSR count). The minimum atomic E-state index is -5.08. The largest absolute Gasteiger partial charge is 0.490 e. The number of rotatable bonds is 3. The number of alkyl halides is 3. The van der Waals surface area contributed by atoms with Crippen molar-refractivity contribution in [3.63, 3.8) is 0 Å². The molecular weight excluding hydrogens is 385 g/mol. The third-order valence-electron chi connectivity index (χ3n) is 3.80. The van der Waals surface area contributed by atoms with Crippen molar-refractivity contribution in [3.05, 3.63) is 40.1 Å². The van der Waals surface area contributed by atoms with Gasteiger partial charge in [0.25, 0.3) is 5.91 Å². The lowest BCUT2D eigenvalue weighted by atomic mass is 10.2. The molecule has 0 saturated heterocycles. The lowest BCUT2D eigenvalue weighted by Gasteiger charge is -2.28. The van der Waals surface area contributed by atoms with Crippen molar-refractivity contribution in [2.45, 2.75) is 25.8 Å². The molecule has 0 saturated carbocycles. The van der Waals surface area contributed by atoms with Crippen molar-refractivity contribution in [2.24, 2.45) is 0 Å². The van der Waals surface area contributed by atoms with E-state index in [1.54, 1.807) is 36.5 Å². The molecule has 148 valence electrons. The Morgan fingerprint density at radius 2 is 2.00 bits per heavy atom. The summed E-state index contributed by atoms with van der Waals surface area (Å²) in [7, 11) is 3.54. The van der Waals surface area contributed by atoms with E-state index in [0.29, 0.717) is 5.69 Å². The molecule has 0 unspecified atom stereocenters. The van der Waals surface area contributed by atoms with E-state index in [9.17, 15) is 18.0 Å². The second-order valence-corrected chi connectivity index (χ2v) is 6.84. The number of thiophene rings is 1. The third-order valence-corrected chi connectivity index (χ3v) is 4.53. The number of halogens is 3. The number of carbonyl (C=O) groups excluding carboxylic acids is 1. The van der Waals surface area contributed by atoms with Crippen LogP contribution in [0.5, 0.6) is 0 Å². The summed E-state index contributed by atoms with van der Waals surface area (Å²) >= 11 is 1.73. The SMILES string of the molecule is CN(C)C(=O)c1cnc2n1CCN(Cc1ccsc1)C2.O=C(O)C(F)(F)F. The van der Waals surface area contributed by atoms with E-state index in [1.807, 2.05) is 4.57 Å². The summed E-state index contributed by atoms with van der Waals surface area (Å²) in [5.74, 6) is -1.75. The summed E-state index contributed by atoms with van der Waals surface area (Å²) in [5.41, 5.74) is 2.04. The molecule has 0 fully saturated rings. The summed E-state index contributed by atoms with van der Waals surface area (Å²) < 4.78 is 33.8. The van der Waals surface area contributed by atoms with Crippen molar-refractivity contribution in [1.29, 1.82) is 0 Å². The van der Waals surface area contributed by atoms with Crippen LogP contribution in [-0.2, 0) is 24.4 Å². The molecule has 0 spiro atoms. The Labute approximate surface area is 157 Å². The number of aromatic nitrogens is 2. The number of carbonyl (C=O) groups is 2. The van der Waals surface area contributed by atoms with E-state index in [1.165, 1.54) is 5.56 Å². The maximum atomic E-state index is 12.1. The van der Waals surface area contributed by atoms with Crippen LogP contribution in [0, 0.1) is 0 Å². The van der Waals surface area contributed by atoms with Gasteiger partial charge in [-0.2, -0.15) is 24.5 Å². The lowest BCUT2D eigenvalue weighted by Crippen LogP contribution is -2.35. The second-order valence-electron chi connectivity index (χ2n) is 6.06. The number of amides is 1. The zero-order valence-corrected chi connectivity index (χ0v) is 15.5. The number of nitrogens with zero attached hydrogens (tertiary/aromatic N) is 4. The van der Waals surface area contributed by atoms with Crippen LogP contribution in [-0.4, -0.2) is 63.2 Å². The highest BCUT2D eigenvalue weighted by Gasteiger charge is 2.38. The van der Waals surface area contributed by atoms with E-state index >= 15 is 0 Å². The number of aliphatic carboxylic acids is 1. The van der Waals surface area contributed by atoms with Crippen LogP contribution >= 0.6 is 11.3 Å². The zero-order valence-electron chi connectivity index (χ0n) is 14.7. The molecule has 7 nitrogen and oxygen atoms in total. The Balaban J connectivity index is 0.000000321. The molecule has 1 amide bonds. The van der Waals surface area contributed by atoms with Gasteiger partial charge in [0.1, 0.15) is 11.5 Å². The molecular formula is C16H19F3N4O3S. The topological polar surface area (TPSA) is 78.7 Å². The van der Waals surface area contributed by atoms with Gasteiger partial charge in [-0.05, 0) is 22.4 Å². The van der Waals surface area contributed by atoms with E-state index in [2.05, 4.69) is 26.7 Å². The molecule has 0 radical (unpaired) electrons. The van der Waals surface area contributed by atoms with Crippen LogP contribution in [0.25, 0.3) is 0 Å². The molecule has 0 bridgehead atoms. The molecule has 1 aliphatic rings. The van der Waals surface area contributed by atoms with Gasteiger partial charge in [-0.15, -0.1) is 0 Å². The number of carboxylic acid groups (broad SMARTS) is 1. The summed E-state index contributed by atoms with van der Waals surface area (Å²) in [5, 5.41) is 11.4. The molecule has 1 aliphatic heterocycles. The molecule has 0 atom stereocenters. The summed E-state index contributed by atoms with van der Waals surface area (Å²) in [6.45, 7) is 3.53. The maximum Gasteiger partial charge on any atom is 0.490 e. The molecule has 27 heavy (non-hydrogen) atoms. The molecule has 3 heterocycles.